The van der Waals surface area contributed by atoms with E-state index in [1.807, 2.05) is 18.2 Å². The van der Waals surface area contributed by atoms with Gasteiger partial charge in [0.2, 0.25) is 5.91 Å². The van der Waals surface area contributed by atoms with Gasteiger partial charge in [0, 0.05) is 41.5 Å². The average Bonchev–Trinajstić information content (AvgIpc) is 3.42. The lowest BCUT2D eigenvalue weighted by atomic mass is 9.98. The number of alkyl halides is 3. The van der Waals surface area contributed by atoms with Crippen molar-refractivity contribution in [3.63, 3.8) is 0 Å². The number of benzene rings is 1. The molecule has 0 unspecified atom stereocenters. The minimum absolute atomic E-state index is 0.0291. The van der Waals surface area contributed by atoms with Crippen LogP contribution in [0.3, 0.4) is 0 Å². The van der Waals surface area contributed by atoms with E-state index in [0.29, 0.717) is 43.6 Å². The second-order valence-electron chi connectivity index (χ2n) is 9.45. The number of fused-ring (bicyclic) bond motifs is 1. The van der Waals surface area contributed by atoms with Gasteiger partial charge in [-0.15, -0.1) is 11.3 Å². The van der Waals surface area contributed by atoms with E-state index in [9.17, 15) is 27.6 Å². The second-order valence-corrected chi connectivity index (χ2v) is 10.6. The summed E-state index contributed by atoms with van der Waals surface area (Å²) in [4.78, 5) is 46.9. The van der Waals surface area contributed by atoms with E-state index < -0.39 is 30.1 Å². The summed E-state index contributed by atoms with van der Waals surface area (Å²) in [5.74, 6) is -5.03. The van der Waals surface area contributed by atoms with Crippen LogP contribution in [0.1, 0.15) is 42.5 Å². The van der Waals surface area contributed by atoms with Gasteiger partial charge in [-0.05, 0) is 73.6 Å². The van der Waals surface area contributed by atoms with Crippen molar-refractivity contribution >= 4 is 46.9 Å². The average molecular weight is 625 g/mol. The van der Waals surface area contributed by atoms with E-state index in [1.54, 1.807) is 6.07 Å². The molecular formula is C28H31F3N4O7S. The Morgan fingerprint density at radius 1 is 1.14 bits per heavy atom. The van der Waals surface area contributed by atoms with Crippen molar-refractivity contribution in [2.24, 2.45) is 5.73 Å². The van der Waals surface area contributed by atoms with E-state index >= 15 is 0 Å². The molecule has 1 aliphatic heterocycles. The van der Waals surface area contributed by atoms with Crippen molar-refractivity contribution in [3.8, 4) is 16.5 Å². The lowest BCUT2D eigenvalue weighted by Gasteiger charge is -2.31. The largest absolute Gasteiger partial charge is 0.490 e. The zero-order chi connectivity index (χ0) is 32.2. The highest BCUT2D eigenvalue weighted by Gasteiger charge is 2.38. The van der Waals surface area contributed by atoms with Gasteiger partial charge in [-0.2, -0.15) is 18.4 Å². The number of aliphatic carboxylic acids is 3. The zero-order valence-electron chi connectivity index (χ0n) is 22.9. The Morgan fingerprint density at radius 2 is 1.84 bits per heavy atom. The van der Waals surface area contributed by atoms with Crippen LogP contribution in [-0.2, 0) is 25.6 Å². The van der Waals surface area contributed by atoms with Crippen LogP contribution >= 0.6 is 11.3 Å². The van der Waals surface area contributed by atoms with E-state index in [1.165, 1.54) is 23.0 Å². The molecule has 1 atom stereocenters. The lowest BCUT2D eigenvalue weighted by molar-refractivity contribution is -0.192. The monoisotopic (exact) mass is 624 g/mol. The SMILES string of the molecule is N#C/C(=C\c1ccc(-c2ccc3c(c2)CCCN3CCC(=O)NCCCC[C@@H](N)C(=O)O)s1)C(=O)O.O=C(O)C(F)(F)F. The quantitative estimate of drug-likeness (QED) is 0.131. The number of carbonyl (C=O) groups excluding carboxylic acids is 1. The fraction of sp³-hybridized carbons (Fsp3) is 0.393. The molecule has 1 aromatic heterocycles. The van der Waals surface area contributed by atoms with Crippen LogP contribution in [0, 0.1) is 11.3 Å². The molecule has 1 amide bonds. The number of carbonyl (C=O) groups is 4. The van der Waals surface area contributed by atoms with Crippen LogP contribution in [0.15, 0.2) is 35.9 Å². The summed E-state index contributed by atoms with van der Waals surface area (Å²) in [5, 5.41) is 36.8. The van der Waals surface area contributed by atoms with Gasteiger partial charge in [0.05, 0.1) is 0 Å². The van der Waals surface area contributed by atoms with Crippen molar-refractivity contribution < 1.29 is 47.7 Å². The highest BCUT2D eigenvalue weighted by atomic mass is 32.1. The first kappa shape index (κ1) is 34.8. The predicted molar refractivity (Wildman–Crippen MR) is 152 cm³/mol. The second kappa shape index (κ2) is 16.3. The summed E-state index contributed by atoms with van der Waals surface area (Å²) in [6, 6.07) is 10.8. The van der Waals surface area contributed by atoms with E-state index in [2.05, 4.69) is 22.3 Å². The number of nitrogens with two attached hydrogens (primary N) is 1. The molecule has 1 aromatic carbocycles. The number of nitrogens with one attached hydrogen (secondary N) is 1. The molecule has 3 rings (SSSR count). The van der Waals surface area contributed by atoms with Gasteiger partial charge in [0.15, 0.2) is 0 Å². The van der Waals surface area contributed by atoms with Gasteiger partial charge in [-0.3, -0.25) is 9.59 Å². The Balaban J connectivity index is 0.000000821. The van der Waals surface area contributed by atoms with Crippen LogP contribution in [0.25, 0.3) is 16.5 Å². The number of hydrogen-bond donors (Lipinski definition) is 5. The van der Waals surface area contributed by atoms with Crippen LogP contribution in [-0.4, -0.2) is 71.0 Å². The Labute approximate surface area is 249 Å². The lowest BCUT2D eigenvalue weighted by Crippen LogP contribution is -2.34. The van der Waals surface area contributed by atoms with Crippen molar-refractivity contribution in [2.45, 2.75) is 50.7 Å². The summed E-state index contributed by atoms with van der Waals surface area (Å²) in [5.41, 5.74) is 8.55. The Hall–Kier alpha value is -4.42. The number of carboxylic acids is 3. The number of hydrogen-bond acceptors (Lipinski definition) is 8. The number of unbranched alkanes of at least 4 members (excludes halogenated alkanes) is 1. The molecule has 0 saturated heterocycles. The fourth-order valence-corrected chi connectivity index (χ4v) is 5.04. The summed E-state index contributed by atoms with van der Waals surface area (Å²) in [7, 11) is 0. The number of carboxylic acid groups (broad SMARTS) is 3. The Morgan fingerprint density at radius 3 is 2.44 bits per heavy atom. The summed E-state index contributed by atoms with van der Waals surface area (Å²) >= 11 is 1.43. The van der Waals surface area contributed by atoms with Gasteiger partial charge in [0.1, 0.15) is 17.7 Å². The number of amides is 1. The van der Waals surface area contributed by atoms with Gasteiger partial charge < -0.3 is 31.3 Å². The van der Waals surface area contributed by atoms with Gasteiger partial charge in [-0.1, -0.05) is 6.07 Å². The fourth-order valence-electron chi connectivity index (χ4n) is 4.10. The maximum Gasteiger partial charge on any atom is 0.490 e. The van der Waals surface area contributed by atoms with Crippen molar-refractivity contribution in [2.75, 3.05) is 24.5 Å². The van der Waals surface area contributed by atoms with E-state index in [4.69, 9.17) is 31.1 Å². The maximum absolute atomic E-state index is 12.3. The number of anilines is 1. The van der Waals surface area contributed by atoms with Crippen molar-refractivity contribution in [1.82, 2.24) is 5.32 Å². The topological polar surface area (TPSA) is 194 Å². The van der Waals surface area contributed by atoms with E-state index in [0.717, 1.165) is 35.5 Å². The molecule has 0 fully saturated rings. The first-order valence-corrected chi connectivity index (χ1v) is 13.9. The molecule has 232 valence electrons. The molecule has 15 heteroatoms. The van der Waals surface area contributed by atoms with Crippen molar-refractivity contribution in [3.05, 3.63) is 46.3 Å². The molecule has 2 aromatic rings. The normalized spacial score (nSPS) is 13.6. The molecule has 0 bridgehead atoms. The van der Waals surface area contributed by atoms with Crippen LogP contribution in [0.5, 0.6) is 0 Å². The predicted octanol–water partition coefficient (Wildman–Crippen LogP) is 3.88. The minimum Gasteiger partial charge on any atom is -0.480 e. The molecule has 0 saturated carbocycles. The highest BCUT2D eigenvalue weighted by molar-refractivity contribution is 7.16. The first-order valence-electron chi connectivity index (χ1n) is 13.1. The molecule has 0 spiro atoms. The zero-order valence-corrected chi connectivity index (χ0v) is 23.7. The van der Waals surface area contributed by atoms with Gasteiger partial charge in [0.25, 0.3) is 0 Å². The molecule has 2 heterocycles. The number of nitrogens with zero attached hydrogens (tertiary/aromatic N) is 2. The Bertz CT molecular complexity index is 1390. The van der Waals surface area contributed by atoms with E-state index in [-0.39, 0.29) is 11.5 Å². The summed E-state index contributed by atoms with van der Waals surface area (Å²) in [6.07, 6.45) is 0.343. The van der Waals surface area contributed by atoms with Crippen molar-refractivity contribution in [1.29, 1.82) is 5.26 Å². The molecule has 1 aliphatic rings. The number of rotatable bonds is 12. The summed E-state index contributed by atoms with van der Waals surface area (Å²) < 4.78 is 31.7. The third-order valence-electron chi connectivity index (χ3n) is 6.28. The standard InChI is InChI=1S/C26H30N4O5S.C2HF3O2/c27-16-19(25(32)33)15-20-7-9-23(36-20)18-6-8-22-17(14-18)4-3-12-30(22)13-10-24(31)29-11-2-1-5-21(28)26(34)35;3-2(4,5)1(6)7/h6-9,14-15,21H,1-5,10-13,28H2,(H,29,31)(H,32,33)(H,34,35);(H,6,7)/b19-15+;/t21-;/m1./s1. The third kappa shape index (κ3) is 11.4. The number of halogens is 3. The molecular weight excluding hydrogens is 593 g/mol. The highest BCUT2D eigenvalue weighted by Crippen LogP contribution is 2.35. The maximum atomic E-state index is 12.3. The molecule has 0 aliphatic carbocycles. The third-order valence-corrected chi connectivity index (χ3v) is 7.36. The molecule has 6 N–H and O–H groups in total. The number of thiophene rings is 1. The molecule has 43 heavy (non-hydrogen) atoms. The number of aryl methyl sites for hydroxylation is 1. The minimum atomic E-state index is -5.08. The van der Waals surface area contributed by atoms with Gasteiger partial charge >= 0.3 is 24.1 Å². The first-order chi connectivity index (χ1) is 20.2. The van der Waals surface area contributed by atoms with Crippen LogP contribution < -0.4 is 16.0 Å². The van der Waals surface area contributed by atoms with Crippen LogP contribution in [0.2, 0.25) is 0 Å². The number of nitriles is 1. The molecule has 11 nitrogen and oxygen atoms in total. The molecule has 0 radical (unpaired) electrons. The van der Waals surface area contributed by atoms with Crippen LogP contribution in [0.4, 0.5) is 18.9 Å². The van der Waals surface area contributed by atoms with Gasteiger partial charge in [-0.25, -0.2) is 9.59 Å². The Kier molecular flexibility index (Phi) is 13.2. The smallest absolute Gasteiger partial charge is 0.480 e. The summed E-state index contributed by atoms with van der Waals surface area (Å²) in [6.45, 7) is 2.00.